The number of ether oxygens (including phenoxy) is 1. The molecule has 96 valence electrons. The average molecular weight is 263 g/mol. The number of esters is 1. The standard InChI is InChI=1S/C14H17NO2S/c1-14(2,3)17-13(16)11-9-18-12(15-11)10-7-5-4-6-8-10/h4-8,11H,9H2,1-3H3/t11-/m0/s1. The maximum Gasteiger partial charge on any atom is 0.332 e. The van der Waals surface area contributed by atoms with Gasteiger partial charge in [-0.05, 0) is 20.8 Å². The van der Waals surface area contributed by atoms with Crippen molar-refractivity contribution in [3.05, 3.63) is 35.9 Å². The molecule has 4 heteroatoms. The van der Waals surface area contributed by atoms with Crippen LogP contribution in [0.1, 0.15) is 26.3 Å². The van der Waals surface area contributed by atoms with Crippen molar-refractivity contribution in [1.82, 2.24) is 0 Å². The van der Waals surface area contributed by atoms with Crippen LogP contribution >= 0.6 is 11.8 Å². The summed E-state index contributed by atoms with van der Waals surface area (Å²) in [6.07, 6.45) is 0. The summed E-state index contributed by atoms with van der Waals surface area (Å²) in [6, 6.07) is 9.55. The molecule has 0 aromatic heterocycles. The van der Waals surface area contributed by atoms with Gasteiger partial charge in [0.05, 0.1) is 5.04 Å². The van der Waals surface area contributed by atoms with Gasteiger partial charge in [0.2, 0.25) is 0 Å². The molecule has 0 unspecified atom stereocenters. The molecular formula is C14H17NO2S. The summed E-state index contributed by atoms with van der Waals surface area (Å²) in [5.41, 5.74) is 0.612. The van der Waals surface area contributed by atoms with Crippen LogP contribution in [-0.4, -0.2) is 28.4 Å². The molecule has 0 fully saturated rings. The summed E-state index contributed by atoms with van der Waals surface area (Å²) < 4.78 is 5.35. The van der Waals surface area contributed by atoms with E-state index in [0.29, 0.717) is 5.75 Å². The molecule has 0 radical (unpaired) electrons. The van der Waals surface area contributed by atoms with Gasteiger partial charge in [0, 0.05) is 11.3 Å². The Morgan fingerprint density at radius 2 is 2.00 bits per heavy atom. The molecule has 1 heterocycles. The summed E-state index contributed by atoms with van der Waals surface area (Å²) in [4.78, 5) is 16.3. The zero-order chi connectivity index (χ0) is 13.2. The van der Waals surface area contributed by atoms with Gasteiger partial charge in [-0.3, -0.25) is 4.99 Å². The third-order valence-electron chi connectivity index (χ3n) is 2.35. The number of nitrogens with zero attached hydrogens (tertiary/aromatic N) is 1. The second kappa shape index (κ2) is 5.14. The van der Waals surface area contributed by atoms with Gasteiger partial charge < -0.3 is 4.74 Å². The summed E-state index contributed by atoms with van der Waals surface area (Å²) in [6.45, 7) is 5.61. The number of hydrogen-bond donors (Lipinski definition) is 0. The van der Waals surface area contributed by atoms with Gasteiger partial charge >= 0.3 is 5.97 Å². The molecule has 18 heavy (non-hydrogen) atoms. The number of benzene rings is 1. The quantitative estimate of drug-likeness (QED) is 0.770. The van der Waals surface area contributed by atoms with Gasteiger partial charge in [0.15, 0.2) is 6.04 Å². The SMILES string of the molecule is CC(C)(C)OC(=O)[C@@H]1CSC(c2ccccc2)=N1. The highest BCUT2D eigenvalue weighted by Gasteiger charge is 2.29. The lowest BCUT2D eigenvalue weighted by Gasteiger charge is -2.20. The Bertz CT molecular complexity index is 462. The molecule has 1 aromatic rings. The number of carbonyl (C=O) groups excluding carboxylic acids is 1. The van der Waals surface area contributed by atoms with Crippen molar-refractivity contribution in [2.45, 2.75) is 32.4 Å². The van der Waals surface area contributed by atoms with Gasteiger partial charge in [0.25, 0.3) is 0 Å². The Labute approximate surface area is 112 Å². The van der Waals surface area contributed by atoms with Gasteiger partial charge in [-0.25, -0.2) is 4.79 Å². The molecule has 0 saturated heterocycles. The van der Waals surface area contributed by atoms with Crippen molar-refractivity contribution in [2.24, 2.45) is 4.99 Å². The fourth-order valence-corrected chi connectivity index (χ4v) is 2.63. The molecule has 0 spiro atoms. The van der Waals surface area contributed by atoms with E-state index in [1.807, 2.05) is 51.1 Å². The van der Waals surface area contributed by atoms with Gasteiger partial charge in [-0.1, -0.05) is 30.3 Å². The molecule has 1 aromatic carbocycles. The van der Waals surface area contributed by atoms with E-state index in [4.69, 9.17) is 4.74 Å². The van der Waals surface area contributed by atoms with E-state index < -0.39 is 5.60 Å². The van der Waals surface area contributed by atoms with Crippen molar-refractivity contribution in [3.8, 4) is 0 Å². The molecule has 0 amide bonds. The molecule has 0 N–H and O–H groups in total. The normalized spacial score (nSPS) is 19.5. The Morgan fingerprint density at radius 3 is 2.61 bits per heavy atom. The van der Waals surface area contributed by atoms with Crippen molar-refractivity contribution in [3.63, 3.8) is 0 Å². The third-order valence-corrected chi connectivity index (χ3v) is 3.45. The zero-order valence-corrected chi connectivity index (χ0v) is 11.7. The molecule has 3 nitrogen and oxygen atoms in total. The lowest BCUT2D eigenvalue weighted by atomic mass is 10.2. The molecule has 1 aliphatic rings. The van der Waals surface area contributed by atoms with E-state index in [9.17, 15) is 4.79 Å². The minimum absolute atomic E-state index is 0.235. The first kappa shape index (κ1) is 13.1. The van der Waals surface area contributed by atoms with E-state index in [1.165, 1.54) is 0 Å². The molecule has 2 rings (SSSR count). The van der Waals surface area contributed by atoms with E-state index in [2.05, 4.69) is 4.99 Å². The molecular weight excluding hydrogens is 246 g/mol. The third kappa shape index (κ3) is 3.35. The van der Waals surface area contributed by atoms with Crippen molar-refractivity contribution in [2.75, 3.05) is 5.75 Å². The maximum atomic E-state index is 11.9. The summed E-state index contributed by atoms with van der Waals surface area (Å²) in [5.74, 6) is 0.431. The largest absolute Gasteiger partial charge is 0.458 e. The molecule has 0 bridgehead atoms. The lowest BCUT2D eigenvalue weighted by molar-refractivity contribution is -0.155. The van der Waals surface area contributed by atoms with Crippen LogP contribution in [0.4, 0.5) is 0 Å². The van der Waals surface area contributed by atoms with Gasteiger partial charge in [-0.15, -0.1) is 11.8 Å². The van der Waals surface area contributed by atoms with Crippen LogP contribution in [0.15, 0.2) is 35.3 Å². The minimum Gasteiger partial charge on any atom is -0.458 e. The highest BCUT2D eigenvalue weighted by atomic mass is 32.2. The first-order valence-electron chi connectivity index (χ1n) is 5.94. The van der Waals surface area contributed by atoms with E-state index in [0.717, 1.165) is 10.6 Å². The number of rotatable bonds is 2. The van der Waals surface area contributed by atoms with E-state index >= 15 is 0 Å². The minimum atomic E-state index is -0.452. The van der Waals surface area contributed by atoms with Crippen LogP contribution in [-0.2, 0) is 9.53 Å². The van der Waals surface area contributed by atoms with Crippen LogP contribution in [0, 0.1) is 0 Å². The predicted molar refractivity (Wildman–Crippen MR) is 75.1 cm³/mol. The highest BCUT2D eigenvalue weighted by Crippen LogP contribution is 2.25. The number of thioether (sulfide) groups is 1. The van der Waals surface area contributed by atoms with E-state index in [1.54, 1.807) is 11.8 Å². The number of carbonyl (C=O) groups is 1. The van der Waals surface area contributed by atoms with Crippen molar-refractivity contribution in [1.29, 1.82) is 0 Å². The molecule has 1 atom stereocenters. The lowest BCUT2D eigenvalue weighted by Crippen LogP contribution is -2.31. The summed E-state index contributed by atoms with van der Waals surface area (Å²) in [7, 11) is 0. The predicted octanol–water partition coefficient (Wildman–Crippen LogP) is 2.89. The van der Waals surface area contributed by atoms with E-state index in [-0.39, 0.29) is 12.0 Å². The zero-order valence-electron chi connectivity index (χ0n) is 10.8. The Kier molecular flexibility index (Phi) is 3.76. The fourth-order valence-electron chi connectivity index (χ4n) is 1.60. The Morgan fingerprint density at radius 1 is 1.33 bits per heavy atom. The number of aliphatic imine (C=N–C) groups is 1. The molecule has 0 aliphatic carbocycles. The second-order valence-electron chi connectivity index (χ2n) is 5.16. The van der Waals surface area contributed by atoms with Crippen LogP contribution < -0.4 is 0 Å². The highest BCUT2D eigenvalue weighted by molar-refractivity contribution is 8.14. The van der Waals surface area contributed by atoms with Crippen LogP contribution in [0.25, 0.3) is 0 Å². The topological polar surface area (TPSA) is 38.7 Å². The van der Waals surface area contributed by atoms with Gasteiger partial charge in [0.1, 0.15) is 5.60 Å². The Balaban J connectivity index is 2.07. The number of hydrogen-bond acceptors (Lipinski definition) is 4. The molecule has 0 saturated carbocycles. The second-order valence-corrected chi connectivity index (χ2v) is 6.17. The first-order chi connectivity index (χ1) is 8.46. The first-order valence-corrected chi connectivity index (χ1v) is 6.93. The smallest absolute Gasteiger partial charge is 0.332 e. The van der Waals surface area contributed by atoms with Crippen molar-refractivity contribution < 1.29 is 9.53 Å². The van der Waals surface area contributed by atoms with Crippen LogP contribution in [0.5, 0.6) is 0 Å². The average Bonchev–Trinajstić information content (AvgIpc) is 2.77. The summed E-state index contributed by atoms with van der Waals surface area (Å²) >= 11 is 1.61. The van der Waals surface area contributed by atoms with Gasteiger partial charge in [-0.2, -0.15) is 0 Å². The Hall–Kier alpha value is -1.29. The fraction of sp³-hybridized carbons (Fsp3) is 0.429. The van der Waals surface area contributed by atoms with Crippen molar-refractivity contribution >= 4 is 22.8 Å². The van der Waals surface area contributed by atoms with Crippen LogP contribution in [0.3, 0.4) is 0 Å². The van der Waals surface area contributed by atoms with Crippen LogP contribution in [0.2, 0.25) is 0 Å². The maximum absolute atomic E-state index is 11.9. The monoisotopic (exact) mass is 263 g/mol. The molecule has 1 aliphatic heterocycles. The summed E-state index contributed by atoms with van der Waals surface area (Å²) in [5, 5.41) is 0.923.